The monoisotopic (exact) mass is 395 g/mol. The molecular formula is C13H18BrNO6S. The highest BCUT2D eigenvalue weighted by Gasteiger charge is 2.63. The third-order valence-corrected chi connectivity index (χ3v) is 6.22. The van der Waals surface area contributed by atoms with E-state index in [-0.39, 0.29) is 22.7 Å². The van der Waals surface area contributed by atoms with Crippen LogP contribution >= 0.6 is 27.7 Å². The van der Waals surface area contributed by atoms with Gasteiger partial charge in [0.25, 0.3) is 0 Å². The van der Waals surface area contributed by atoms with Gasteiger partial charge in [0, 0.05) is 11.7 Å². The quantitative estimate of drug-likeness (QED) is 0.311. The number of carbonyl (C=O) groups is 3. The minimum atomic E-state index is -1.08. The number of halogens is 1. The number of hydrogen-bond donors (Lipinski definition) is 0. The molecule has 2 rings (SSSR count). The van der Waals surface area contributed by atoms with Crippen molar-refractivity contribution in [1.82, 2.24) is 4.90 Å². The van der Waals surface area contributed by atoms with Crippen molar-refractivity contribution >= 4 is 45.7 Å². The highest BCUT2D eigenvalue weighted by Crippen LogP contribution is 2.53. The molecule has 0 saturated carbocycles. The van der Waals surface area contributed by atoms with Crippen LogP contribution in [0.1, 0.15) is 27.7 Å². The largest absolute Gasteiger partial charge is 0.511 e. The molecule has 22 heavy (non-hydrogen) atoms. The lowest BCUT2D eigenvalue weighted by Gasteiger charge is -2.41. The summed E-state index contributed by atoms with van der Waals surface area (Å²) < 4.78 is 14.1. The molecule has 7 nitrogen and oxygen atoms in total. The van der Waals surface area contributed by atoms with E-state index in [1.54, 1.807) is 6.92 Å². The first kappa shape index (κ1) is 17.4. The van der Waals surface area contributed by atoms with Gasteiger partial charge < -0.3 is 19.1 Å². The molecule has 124 valence electrons. The Kier molecular flexibility index (Phi) is 4.96. The smallest absolute Gasteiger partial charge is 0.435 e. The third-order valence-electron chi connectivity index (χ3n) is 3.41. The lowest BCUT2D eigenvalue weighted by molar-refractivity contribution is -0.179. The zero-order valence-corrected chi connectivity index (χ0v) is 15.1. The number of amides is 1. The Labute approximate surface area is 141 Å². The molecule has 0 N–H and O–H groups in total. The van der Waals surface area contributed by atoms with E-state index in [0.29, 0.717) is 0 Å². The predicted molar refractivity (Wildman–Crippen MR) is 82.5 cm³/mol. The number of fused-ring (bicyclic) bond motifs is 1. The van der Waals surface area contributed by atoms with Crippen LogP contribution in [0.2, 0.25) is 0 Å². The lowest BCUT2D eigenvalue weighted by Crippen LogP contribution is -2.63. The molecule has 2 saturated heterocycles. The summed E-state index contributed by atoms with van der Waals surface area (Å²) in [5.41, 5.74) is 0. The van der Waals surface area contributed by atoms with Gasteiger partial charge in [0.1, 0.15) is 16.2 Å². The van der Waals surface area contributed by atoms with Crippen LogP contribution in [-0.4, -0.2) is 56.8 Å². The molecule has 4 atom stereocenters. The standard InChI is InChI=1S/C13H18BrNO6S/c1-5-19-12(18)21-6(2)20-11(17)8-13(3,4)22-10-7(14)9(16)15(8)10/h6-8,10H,5H2,1-4H3/t6-,7-,8-,10+/m0/s1. The predicted octanol–water partition coefficient (Wildman–Crippen LogP) is 1.87. The fraction of sp³-hybridized carbons (Fsp3) is 0.769. The minimum Gasteiger partial charge on any atom is -0.435 e. The van der Waals surface area contributed by atoms with Gasteiger partial charge in [-0.15, -0.1) is 11.8 Å². The highest BCUT2D eigenvalue weighted by molar-refractivity contribution is 9.10. The number of carbonyl (C=O) groups excluding carboxylic acids is 3. The molecule has 0 aromatic rings. The number of esters is 1. The Morgan fingerprint density at radius 3 is 2.64 bits per heavy atom. The summed E-state index contributed by atoms with van der Waals surface area (Å²) in [5, 5.41) is -0.0821. The molecular weight excluding hydrogens is 378 g/mol. The summed E-state index contributed by atoms with van der Waals surface area (Å²) in [7, 11) is 0. The van der Waals surface area contributed by atoms with E-state index in [9.17, 15) is 14.4 Å². The van der Waals surface area contributed by atoms with Gasteiger partial charge in [-0.05, 0) is 20.8 Å². The van der Waals surface area contributed by atoms with Crippen LogP contribution in [0.5, 0.6) is 0 Å². The molecule has 0 spiro atoms. The lowest BCUT2D eigenvalue weighted by atomic mass is 9.98. The Hall–Kier alpha value is -0.960. The first-order valence-electron chi connectivity index (χ1n) is 6.87. The van der Waals surface area contributed by atoms with E-state index >= 15 is 0 Å². The Morgan fingerprint density at radius 2 is 2.05 bits per heavy atom. The summed E-state index contributed by atoms with van der Waals surface area (Å²) >= 11 is 4.85. The fourth-order valence-corrected chi connectivity index (χ4v) is 4.84. The van der Waals surface area contributed by atoms with Crippen LogP contribution in [0.15, 0.2) is 0 Å². The van der Waals surface area contributed by atoms with Gasteiger partial charge in [-0.3, -0.25) is 4.79 Å². The first-order chi connectivity index (χ1) is 10.2. The molecule has 9 heteroatoms. The van der Waals surface area contributed by atoms with Crippen molar-refractivity contribution in [3.8, 4) is 0 Å². The molecule has 2 aliphatic heterocycles. The van der Waals surface area contributed by atoms with E-state index < -0.39 is 29.2 Å². The number of thioether (sulfide) groups is 1. The number of nitrogens with zero attached hydrogens (tertiary/aromatic N) is 1. The van der Waals surface area contributed by atoms with Crippen LogP contribution in [0.25, 0.3) is 0 Å². The fourth-order valence-electron chi connectivity index (χ4n) is 2.49. The summed E-state index contributed by atoms with van der Waals surface area (Å²) in [6, 6.07) is -0.711. The highest BCUT2D eigenvalue weighted by atomic mass is 79.9. The molecule has 0 aliphatic carbocycles. The summed E-state index contributed by atoms with van der Waals surface area (Å²) in [6.45, 7) is 7.00. The maximum absolute atomic E-state index is 12.4. The SMILES string of the molecule is CCOC(=O)O[C@@H](C)OC(=O)[C@@H]1N2C(=O)[C@H](Br)[C@H]2SC1(C)C. The number of ether oxygens (including phenoxy) is 3. The van der Waals surface area contributed by atoms with E-state index in [1.807, 2.05) is 13.8 Å². The van der Waals surface area contributed by atoms with Crippen molar-refractivity contribution in [3.63, 3.8) is 0 Å². The molecule has 2 aliphatic rings. The maximum atomic E-state index is 12.4. The van der Waals surface area contributed by atoms with Gasteiger partial charge in [0.15, 0.2) is 0 Å². The van der Waals surface area contributed by atoms with Crippen molar-refractivity contribution < 1.29 is 28.6 Å². The van der Waals surface area contributed by atoms with E-state index in [4.69, 9.17) is 9.47 Å². The van der Waals surface area contributed by atoms with Crippen LogP contribution < -0.4 is 0 Å². The molecule has 0 radical (unpaired) electrons. The van der Waals surface area contributed by atoms with Crippen molar-refractivity contribution in [2.45, 2.75) is 55.0 Å². The average Bonchev–Trinajstić information content (AvgIpc) is 2.67. The maximum Gasteiger partial charge on any atom is 0.511 e. The number of alkyl halides is 1. The number of rotatable bonds is 4. The van der Waals surface area contributed by atoms with Gasteiger partial charge in [-0.25, -0.2) is 9.59 Å². The second-order valence-corrected chi connectivity index (χ2v) is 8.22. The van der Waals surface area contributed by atoms with E-state index in [2.05, 4.69) is 20.7 Å². The summed E-state index contributed by atoms with van der Waals surface area (Å²) in [5.74, 6) is -0.728. The van der Waals surface area contributed by atoms with Crippen LogP contribution in [0, 0.1) is 0 Å². The molecule has 0 aromatic carbocycles. The average molecular weight is 396 g/mol. The second kappa shape index (κ2) is 6.27. The number of hydrogen-bond acceptors (Lipinski definition) is 7. The van der Waals surface area contributed by atoms with Gasteiger partial charge in [0.05, 0.1) is 6.61 Å². The normalized spacial score (nSPS) is 30.1. The van der Waals surface area contributed by atoms with Crippen LogP contribution in [0.4, 0.5) is 4.79 Å². The van der Waals surface area contributed by atoms with Crippen molar-refractivity contribution in [2.24, 2.45) is 0 Å². The van der Waals surface area contributed by atoms with Gasteiger partial charge >= 0.3 is 12.1 Å². The van der Waals surface area contributed by atoms with Gasteiger partial charge in [-0.2, -0.15) is 0 Å². The molecule has 2 heterocycles. The molecule has 1 amide bonds. The summed E-state index contributed by atoms with van der Waals surface area (Å²) in [4.78, 5) is 36.8. The molecule has 0 unspecified atom stereocenters. The topological polar surface area (TPSA) is 82.1 Å². The van der Waals surface area contributed by atoms with Crippen LogP contribution in [0.3, 0.4) is 0 Å². The molecule has 0 bridgehead atoms. The van der Waals surface area contributed by atoms with Crippen molar-refractivity contribution in [2.75, 3.05) is 6.61 Å². The summed E-state index contributed by atoms with van der Waals surface area (Å²) in [6.07, 6.45) is -1.98. The zero-order chi connectivity index (χ0) is 16.7. The van der Waals surface area contributed by atoms with E-state index in [0.717, 1.165) is 0 Å². The van der Waals surface area contributed by atoms with Crippen LogP contribution in [-0.2, 0) is 23.8 Å². The van der Waals surface area contributed by atoms with Gasteiger partial charge in [0.2, 0.25) is 12.2 Å². The Morgan fingerprint density at radius 1 is 1.41 bits per heavy atom. The van der Waals surface area contributed by atoms with Gasteiger partial charge in [-0.1, -0.05) is 15.9 Å². The van der Waals surface area contributed by atoms with E-state index in [1.165, 1.54) is 23.6 Å². The molecule has 2 fully saturated rings. The minimum absolute atomic E-state index is 0.0821. The number of β-lactam (4-membered cyclic amide) rings is 1. The Balaban J connectivity index is 1.99. The first-order valence-corrected chi connectivity index (χ1v) is 8.66. The Bertz CT molecular complexity index is 499. The van der Waals surface area contributed by atoms with Crippen molar-refractivity contribution in [3.05, 3.63) is 0 Å². The second-order valence-electron chi connectivity index (χ2n) is 5.47. The zero-order valence-electron chi connectivity index (χ0n) is 12.7. The molecule has 0 aromatic heterocycles. The third kappa shape index (κ3) is 3.05. The van der Waals surface area contributed by atoms with Crippen molar-refractivity contribution in [1.29, 1.82) is 0 Å².